The third-order valence-corrected chi connectivity index (χ3v) is 5.25. The number of para-hydroxylation sites is 1. The van der Waals surface area contributed by atoms with E-state index in [0.717, 1.165) is 16.8 Å². The molecular weight excluding hydrogens is 362 g/mol. The number of carbonyl (C=O) groups is 1. The minimum Gasteiger partial charge on any atom is -0.497 e. The predicted molar refractivity (Wildman–Crippen MR) is 109 cm³/mol. The summed E-state index contributed by atoms with van der Waals surface area (Å²) in [6.07, 6.45) is 0. The van der Waals surface area contributed by atoms with Gasteiger partial charge in [0.05, 0.1) is 51.6 Å². The molecule has 0 saturated carbocycles. The molecule has 0 atom stereocenters. The highest BCUT2D eigenvalue weighted by atomic mass is 32.1. The fourth-order valence-electron chi connectivity index (χ4n) is 2.68. The average molecular weight is 386 g/mol. The number of methoxy groups -OCH3 is 2. The number of thiazole rings is 1. The Morgan fingerprint density at radius 3 is 2.37 bits per heavy atom. The number of hydrogen-bond donors (Lipinski definition) is 1. The van der Waals surface area contributed by atoms with Crippen LogP contribution in [0.3, 0.4) is 0 Å². The standard InChI is InChI=1S/C20H23N3O3S/c1-22(2)9-10-23(20-21-17-7-5-6-8-18(17)27-20)19(24)14-11-15(25-3)13-16(12-14)26-4/h5-8,11-13H,9-10H2,1-4H3/p+1. The number of hydrogen-bond acceptors (Lipinski definition) is 5. The Labute approximate surface area is 162 Å². The number of anilines is 1. The van der Waals surface area contributed by atoms with E-state index < -0.39 is 0 Å². The summed E-state index contributed by atoms with van der Waals surface area (Å²) in [5, 5.41) is 0.698. The molecule has 2 aromatic carbocycles. The lowest BCUT2D eigenvalue weighted by Gasteiger charge is -2.21. The van der Waals surface area contributed by atoms with Crippen molar-refractivity contribution in [3.63, 3.8) is 0 Å². The Hall–Kier alpha value is -2.64. The molecule has 7 heteroatoms. The SMILES string of the molecule is COc1cc(OC)cc(C(=O)N(CC[NH+](C)C)c2nc3ccccc3s2)c1. The summed E-state index contributed by atoms with van der Waals surface area (Å²) in [5.74, 6) is 1.05. The van der Waals surface area contributed by atoms with E-state index in [4.69, 9.17) is 9.47 Å². The van der Waals surface area contributed by atoms with E-state index in [1.807, 2.05) is 24.3 Å². The molecule has 0 saturated heterocycles. The molecule has 0 aliphatic rings. The van der Waals surface area contributed by atoms with Crippen LogP contribution in [0, 0.1) is 0 Å². The number of ether oxygens (including phenoxy) is 2. The number of benzene rings is 2. The molecule has 1 aromatic heterocycles. The van der Waals surface area contributed by atoms with Crippen LogP contribution in [0.25, 0.3) is 10.2 Å². The van der Waals surface area contributed by atoms with Crippen molar-refractivity contribution in [2.24, 2.45) is 0 Å². The zero-order valence-corrected chi connectivity index (χ0v) is 16.8. The number of aromatic nitrogens is 1. The molecule has 0 radical (unpaired) electrons. The van der Waals surface area contributed by atoms with E-state index >= 15 is 0 Å². The smallest absolute Gasteiger partial charge is 0.260 e. The second-order valence-corrected chi connectivity index (χ2v) is 7.49. The summed E-state index contributed by atoms with van der Waals surface area (Å²) in [6, 6.07) is 13.1. The zero-order chi connectivity index (χ0) is 19.4. The number of nitrogens with zero attached hydrogens (tertiary/aromatic N) is 2. The van der Waals surface area contributed by atoms with Crippen LogP contribution >= 0.6 is 11.3 Å². The third kappa shape index (κ3) is 4.37. The fraction of sp³-hybridized carbons (Fsp3) is 0.300. The van der Waals surface area contributed by atoms with Crippen molar-refractivity contribution >= 4 is 32.6 Å². The first-order valence-corrected chi connectivity index (χ1v) is 9.53. The van der Waals surface area contributed by atoms with E-state index in [9.17, 15) is 4.79 Å². The quantitative estimate of drug-likeness (QED) is 0.676. The van der Waals surface area contributed by atoms with E-state index in [-0.39, 0.29) is 5.91 Å². The minimum atomic E-state index is -0.118. The van der Waals surface area contributed by atoms with Gasteiger partial charge in [0, 0.05) is 11.6 Å². The molecule has 0 fully saturated rings. The van der Waals surface area contributed by atoms with Crippen molar-refractivity contribution in [2.45, 2.75) is 0 Å². The number of likely N-dealkylation sites (N-methyl/N-ethyl adjacent to an activating group) is 1. The molecule has 142 valence electrons. The average Bonchev–Trinajstić information content (AvgIpc) is 3.11. The van der Waals surface area contributed by atoms with Crippen LogP contribution in [0.4, 0.5) is 5.13 Å². The molecule has 0 spiro atoms. The highest BCUT2D eigenvalue weighted by Crippen LogP contribution is 2.30. The van der Waals surface area contributed by atoms with Crippen molar-refractivity contribution in [1.29, 1.82) is 0 Å². The molecule has 1 amide bonds. The summed E-state index contributed by atoms with van der Waals surface area (Å²) in [5.41, 5.74) is 1.41. The monoisotopic (exact) mass is 386 g/mol. The van der Waals surface area contributed by atoms with Gasteiger partial charge in [-0.1, -0.05) is 23.5 Å². The van der Waals surface area contributed by atoms with Crippen molar-refractivity contribution in [3.05, 3.63) is 48.0 Å². The number of amides is 1. The van der Waals surface area contributed by atoms with Gasteiger partial charge < -0.3 is 14.4 Å². The van der Waals surface area contributed by atoms with Crippen molar-refractivity contribution in [3.8, 4) is 11.5 Å². The summed E-state index contributed by atoms with van der Waals surface area (Å²) < 4.78 is 11.7. The number of carbonyl (C=O) groups excluding carboxylic acids is 1. The Balaban J connectivity index is 2.00. The Kier molecular flexibility index (Phi) is 5.93. The number of quaternary nitrogens is 1. The van der Waals surface area contributed by atoms with Crippen molar-refractivity contribution in [1.82, 2.24) is 4.98 Å². The Morgan fingerprint density at radius 1 is 1.11 bits per heavy atom. The van der Waals surface area contributed by atoms with Crippen molar-refractivity contribution in [2.75, 3.05) is 46.3 Å². The molecule has 3 rings (SSSR count). The van der Waals surface area contributed by atoms with Gasteiger partial charge in [-0.3, -0.25) is 9.69 Å². The highest BCUT2D eigenvalue weighted by molar-refractivity contribution is 7.22. The molecule has 27 heavy (non-hydrogen) atoms. The summed E-state index contributed by atoms with van der Waals surface area (Å²) in [6.45, 7) is 1.38. The lowest BCUT2D eigenvalue weighted by Crippen LogP contribution is -3.06. The van der Waals surface area contributed by atoms with Crippen LogP contribution < -0.4 is 19.3 Å². The maximum absolute atomic E-state index is 13.3. The van der Waals surface area contributed by atoms with Gasteiger partial charge in [0.2, 0.25) is 0 Å². The Bertz CT molecular complexity index is 884. The van der Waals surface area contributed by atoms with Gasteiger partial charge >= 0.3 is 0 Å². The van der Waals surface area contributed by atoms with Gasteiger partial charge in [0.15, 0.2) is 5.13 Å². The highest BCUT2D eigenvalue weighted by Gasteiger charge is 2.23. The second-order valence-electron chi connectivity index (χ2n) is 6.48. The molecule has 1 heterocycles. The predicted octanol–water partition coefficient (Wildman–Crippen LogP) is 2.10. The summed E-state index contributed by atoms with van der Waals surface area (Å²) in [7, 11) is 7.28. The van der Waals surface area contributed by atoms with Crippen LogP contribution in [0.5, 0.6) is 11.5 Å². The number of nitrogens with one attached hydrogen (secondary N) is 1. The fourth-order valence-corrected chi connectivity index (χ4v) is 3.67. The first-order valence-electron chi connectivity index (χ1n) is 8.71. The third-order valence-electron chi connectivity index (χ3n) is 4.19. The second kappa shape index (κ2) is 8.37. The van der Waals surface area contributed by atoms with Crippen LogP contribution in [0.2, 0.25) is 0 Å². The van der Waals surface area contributed by atoms with Crippen molar-refractivity contribution < 1.29 is 19.2 Å². The molecule has 6 nitrogen and oxygen atoms in total. The van der Waals surface area contributed by atoms with Gasteiger partial charge in [-0.2, -0.15) is 0 Å². The zero-order valence-electron chi connectivity index (χ0n) is 16.0. The largest absolute Gasteiger partial charge is 0.497 e. The lowest BCUT2D eigenvalue weighted by atomic mass is 10.1. The van der Waals surface area contributed by atoms with Crippen LogP contribution in [0.15, 0.2) is 42.5 Å². The van der Waals surface area contributed by atoms with Gasteiger partial charge in [-0.05, 0) is 24.3 Å². The maximum atomic E-state index is 13.3. The molecular formula is C20H24N3O3S+. The number of rotatable bonds is 7. The van der Waals surface area contributed by atoms with Gasteiger partial charge in [0.25, 0.3) is 5.91 Å². The van der Waals surface area contributed by atoms with Crippen LogP contribution in [-0.2, 0) is 0 Å². The summed E-state index contributed by atoms with van der Waals surface area (Å²) >= 11 is 1.52. The molecule has 0 aliphatic heterocycles. The van der Waals surface area contributed by atoms with Crippen LogP contribution in [0.1, 0.15) is 10.4 Å². The van der Waals surface area contributed by atoms with E-state index in [1.165, 1.54) is 16.2 Å². The maximum Gasteiger partial charge on any atom is 0.260 e. The number of fused-ring (bicyclic) bond motifs is 1. The summed E-state index contributed by atoms with van der Waals surface area (Å²) in [4.78, 5) is 21.0. The normalized spacial score (nSPS) is 11.0. The first-order chi connectivity index (χ1) is 13.0. The molecule has 3 aromatic rings. The lowest BCUT2D eigenvalue weighted by molar-refractivity contribution is -0.856. The van der Waals surface area contributed by atoms with E-state index in [0.29, 0.717) is 28.7 Å². The topological polar surface area (TPSA) is 56.1 Å². The van der Waals surface area contributed by atoms with Gasteiger partial charge in [0.1, 0.15) is 11.5 Å². The minimum absolute atomic E-state index is 0.118. The molecule has 0 unspecified atom stereocenters. The van der Waals surface area contributed by atoms with Gasteiger partial charge in [-0.15, -0.1) is 0 Å². The molecule has 1 N–H and O–H groups in total. The van der Waals surface area contributed by atoms with Gasteiger partial charge in [-0.25, -0.2) is 4.98 Å². The first kappa shape index (κ1) is 19.1. The van der Waals surface area contributed by atoms with E-state index in [2.05, 4.69) is 19.1 Å². The van der Waals surface area contributed by atoms with Crippen LogP contribution in [-0.4, -0.2) is 52.3 Å². The molecule has 0 aliphatic carbocycles. The Morgan fingerprint density at radius 2 is 1.78 bits per heavy atom. The molecule has 0 bridgehead atoms. The van der Waals surface area contributed by atoms with E-state index in [1.54, 1.807) is 37.3 Å².